The quantitative estimate of drug-likeness (QED) is 0.461. The fourth-order valence-corrected chi connectivity index (χ4v) is 4.51. The number of carbonyl (C=O) groups excluding carboxylic acids is 1. The van der Waals surface area contributed by atoms with Gasteiger partial charge in [0.05, 0.1) is 4.92 Å². The van der Waals surface area contributed by atoms with Crippen molar-refractivity contribution in [1.29, 1.82) is 0 Å². The van der Waals surface area contributed by atoms with Crippen molar-refractivity contribution in [3.8, 4) is 0 Å². The second-order valence-electron chi connectivity index (χ2n) is 8.82. The highest BCUT2D eigenvalue weighted by molar-refractivity contribution is 5.73. The Morgan fingerprint density at radius 3 is 2.61 bits per heavy atom. The summed E-state index contributed by atoms with van der Waals surface area (Å²) in [5.41, 5.74) is 1.68. The molecule has 1 amide bonds. The molecule has 0 aliphatic carbocycles. The minimum atomic E-state index is -0.354. The summed E-state index contributed by atoms with van der Waals surface area (Å²) in [6, 6.07) is 13.4. The van der Waals surface area contributed by atoms with Crippen LogP contribution in [0.4, 0.5) is 10.1 Å². The summed E-state index contributed by atoms with van der Waals surface area (Å²) in [7, 11) is 0. The summed E-state index contributed by atoms with van der Waals surface area (Å²) in [6.45, 7) is 8.80. The summed E-state index contributed by atoms with van der Waals surface area (Å²) in [5.74, 6) is 0.267. The minimum absolute atomic E-state index is 0.0313. The van der Waals surface area contributed by atoms with E-state index in [1.807, 2.05) is 11.0 Å². The molecule has 0 unspecified atom stereocenters. The van der Waals surface area contributed by atoms with Gasteiger partial charge in [0.2, 0.25) is 5.91 Å². The Hall–Kier alpha value is -2.80. The molecular formula is C24H30FN3O3. The monoisotopic (exact) mass is 427 g/mol. The van der Waals surface area contributed by atoms with Crippen LogP contribution in [-0.2, 0) is 11.3 Å². The first-order chi connectivity index (χ1) is 14.7. The highest BCUT2D eigenvalue weighted by atomic mass is 19.1. The Morgan fingerprint density at radius 2 is 1.97 bits per heavy atom. The number of carbonyl (C=O) groups is 1. The molecule has 1 saturated heterocycles. The van der Waals surface area contributed by atoms with Crippen LogP contribution in [0.5, 0.6) is 0 Å². The van der Waals surface area contributed by atoms with E-state index in [1.54, 1.807) is 37.3 Å². The Balaban J connectivity index is 1.85. The molecule has 1 aliphatic heterocycles. The third-order valence-corrected chi connectivity index (χ3v) is 5.86. The van der Waals surface area contributed by atoms with Crippen LogP contribution >= 0.6 is 0 Å². The van der Waals surface area contributed by atoms with Crippen molar-refractivity contribution in [2.45, 2.75) is 33.2 Å². The number of likely N-dealkylation sites (tertiary alicyclic amines) is 1. The zero-order chi connectivity index (χ0) is 22.5. The van der Waals surface area contributed by atoms with E-state index < -0.39 is 0 Å². The van der Waals surface area contributed by atoms with E-state index in [4.69, 9.17) is 0 Å². The van der Waals surface area contributed by atoms with Gasteiger partial charge in [0.15, 0.2) is 0 Å². The van der Waals surface area contributed by atoms with Crippen LogP contribution in [0.15, 0.2) is 48.5 Å². The zero-order valence-corrected chi connectivity index (χ0v) is 18.3. The van der Waals surface area contributed by atoms with Gasteiger partial charge in [0.25, 0.3) is 5.69 Å². The highest BCUT2D eigenvalue weighted by Crippen LogP contribution is 2.35. The summed E-state index contributed by atoms with van der Waals surface area (Å²) in [6.07, 6.45) is 0. The van der Waals surface area contributed by atoms with Crippen LogP contribution < -0.4 is 0 Å². The summed E-state index contributed by atoms with van der Waals surface area (Å²) >= 11 is 0. The lowest BCUT2D eigenvalue weighted by atomic mass is 9.88. The molecule has 1 fully saturated rings. The van der Waals surface area contributed by atoms with Gasteiger partial charge >= 0.3 is 0 Å². The average Bonchev–Trinajstić information content (AvgIpc) is 3.09. The molecule has 1 aliphatic rings. The molecule has 6 nitrogen and oxygen atoms in total. The first kappa shape index (κ1) is 22.9. The van der Waals surface area contributed by atoms with Gasteiger partial charge in [-0.1, -0.05) is 44.2 Å². The van der Waals surface area contributed by atoms with E-state index in [2.05, 4.69) is 18.7 Å². The Labute approximate surface area is 182 Å². The van der Waals surface area contributed by atoms with Gasteiger partial charge in [0.1, 0.15) is 5.82 Å². The largest absolute Gasteiger partial charge is 0.342 e. The molecule has 31 heavy (non-hydrogen) atoms. The lowest BCUT2D eigenvalue weighted by Gasteiger charge is -2.29. The van der Waals surface area contributed by atoms with Gasteiger partial charge in [-0.25, -0.2) is 4.39 Å². The number of hydrogen-bond donors (Lipinski definition) is 0. The van der Waals surface area contributed by atoms with Gasteiger partial charge in [0, 0.05) is 57.2 Å². The minimum Gasteiger partial charge on any atom is -0.342 e. The SMILES string of the molecule is CC(=O)N(CC(C)C)C[C@@H]1CN(Cc2ccccc2[N+](=O)[O-])C[C@H]1c1cccc(F)c1. The molecule has 0 bridgehead atoms. The fourth-order valence-electron chi connectivity index (χ4n) is 4.51. The topological polar surface area (TPSA) is 66.7 Å². The molecule has 0 aromatic heterocycles. The van der Waals surface area contributed by atoms with Crippen LogP contribution in [0.1, 0.15) is 37.8 Å². The molecule has 2 aromatic carbocycles. The van der Waals surface area contributed by atoms with Crippen molar-refractivity contribution in [1.82, 2.24) is 9.80 Å². The molecule has 166 valence electrons. The van der Waals surface area contributed by atoms with Crippen molar-refractivity contribution in [3.63, 3.8) is 0 Å². The van der Waals surface area contributed by atoms with E-state index in [1.165, 1.54) is 12.1 Å². The van der Waals surface area contributed by atoms with Crippen molar-refractivity contribution in [3.05, 3.63) is 75.6 Å². The first-order valence-corrected chi connectivity index (χ1v) is 10.7. The van der Waals surface area contributed by atoms with Crippen molar-refractivity contribution in [2.75, 3.05) is 26.2 Å². The number of rotatable bonds is 8. The molecule has 2 atom stereocenters. The van der Waals surface area contributed by atoms with Gasteiger partial charge in [-0.3, -0.25) is 19.8 Å². The van der Waals surface area contributed by atoms with Crippen molar-refractivity contribution >= 4 is 11.6 Å². The second kappa shape index (κ2) is 10.0. The number of nitro groups is 1. The van der Waals surface area contributed by atoms with Crippen LogP contribution in [0.2, 0.25) is 0 Å². The maximum atomic E-state index is 13.9. The number of halogens is 1. The third-order valence-electron chi connectivity index (χ3n) is 5.86. The fraction of sp³-hybridized carbons (Fsp3) is 0.458. The van der Waals surface area contributed by atoms with E-state index in [9.17, 15) is 19.3 Å². The maximum Gasteiger partial charge on any atom is 0.273 e. The van der Waals surface area contributed by atoms with Gasteiger partial charge in [-0.15, -0.1) is 0 Å². The number of nitrogens with zero attached hydrogens (tertiary/aromatic N) is 3. The van der Waals surface area contributed by atoms with Gasteiger partial charge in [-0.2, -0.15) is 0 Å². The second-order valence-corrected chi connectivity index (χ2v) is 8.82. The van der Waals surface area contributed by atoms with Gasteiger partial charge in [-0.05, 0) is 29.5 Å². The number of hydrogen-bond acceptors (Lipinski definition) is 4. The number of amides is 1. The Morgan fingerprint density at radius 1 is 1.23 bits per heavy atom. The van der Waals surface area contributed by atoms with Crippen LogP contribution in [0.25, 0.3) is 0 Å². The van der Waals surface area contributed by atoms with Crippen LogP contribution in [0, 0.1) is 27.8 Å². The van der Waals surface area contributed by atoms with Crippen LogP contribution in [0.3, 0.4) is 0 Å². The Bertz CT molecular complexity index is 934. The molecule has 0 spiro atoms. The molecule has 7 heteroatoms. The standard InChI is InChI=1S/C24H30FN3O3/c1-17(2)12-27(18(3)29)15-21-14-26(13-20-7-4-5-10-24(20)28(30)31)16-23(21)19-8-6-9-22(25)11-19/h4-11,17,21,23H,12-16H2,1-3H3/t21-,23-/m0/s1. The van der Waals surface area contributed by atoms with Crippen molar-refractivity contribution in [2.24, 2.45) is 11.8 Å². The lowest BCUT2D eigenvalue weighted by molar-refractivity contribution is -0.385. The van der Waals surface area contributed by atoms with E-state index >= 15 is 0 Å². The molecule has 0 radical (unpaired) electrons. The summed E-state index contributed by atoms with van der Waals surface area (Å²) in [4.78, 5) is 27.3. The molecule has 0 saturated carbocycles. The Kier molecular flexibility index (Phi) is 7.38. The molecule has 3 rings (SSSR count). The van der Waals surface area contributed by atoms with Crippen molar-refractivity contribution < 1.29 is 14.1 Å². The normalized spacial score (nSPS) is 19.0. The lowest BCUT2D eigenvalue weighted by Crippen LogP contribution is -2.38. The predicted octanol–water partition coefficient (Wildman–Crippen LogP) is 4.45. The summed E-state index contributed by atoms with van der Waals surface area (Å²) in [5, 5.41) is 11.4. The molecule has 0 N–H and O–H groups in total. The summed E-state index contributed by atoms with van der Waals surface area (Å²) < 4.78 is 13.9. The highest BCUT2D eigenvalue weighted by Gasteiger charge is 2.36. The molecule has 2 aromatic rings. The maximum absolute atomic E-state index is 13.9. The average molecular weight is 428 g/mol. The first-order valence-electron chi connectivity index (χ1n) is 10.7. The van der Waals surface area contributed by atoms with Crippen LogP contribution in [-0.4, -0.2) is 46.8 Å². The predicted molar refractivity (Wildman–Crippen MR) is 118 cm³/mol. The van der Waals surface area contributed by atoms with E-state index in [0.29, 0.717) is 44.2 Å². The molecule has 1 heterocycles. The number of nitro benzene ring substituents is 1. The molecular weight excluding hydrogens is 397 g/mol. The van der Waals surface area contributed by atoms with E-state index in [0.717, 1.165) is 5.56 Å². The number of benzene rings is 2. The number of para-hydroxylation sites is 1. The smallest absolute Gasteiger partial charge is 0.273 e. The van der Waals surface area contributed by atoms with E-state index in [-0.39, 0.29) is 34.2 Å². The zero-order valence-electron chi connectivity index (χ0n) is 18.3. The third kappa shape index (κ3) is 5.88. The van der Waals surface area contributed by atoms with Gasteiger partial charge < -0.3 is 4.90 Å².